The first-order valence-corrected chi connectivity index (χ1v) is 7.55. The van der Waals surface area contributed by atoms with E-state index in [-0.39, 0.29) is 11.9 Å². The lowest BCUT2D eigenvalue weighted by molar-refractivity contribution is 0.0926. The Balaban J connectivity index is 1.95. The van der Waals surface area contributed by atoms with Crippen LogP contribution >= 0.6 is 0 Å². The fraction of sp³-hybridized carbons (Fsp3) is 0.562. The second-order valence-corrected chi connectivity index (χ2v) is 5.66. The maximum absolute atomic E-state index is 12.4. The zero-order valence-corrected chi connectivity index (χ0v) is 12.9. The number of benzene rings is 1. The van der Waals surface area contributed by atoms with Crippen LogP contribution in [0.25, 0.3) is 0 Å². The molecule has 0 aliphatic carbocycles. The quantitative estimate of drug-likeness (QED) is 0.824. The smallest absolute Gasteiger partial charge is 0.255 e. The highest BCUT2D eigenvalue weighted by atomic mass is 16.5. The van der Waals surface area contributed by atoms with Crippen LogP contribution < -0.4 is 15.4 Å². The van der Waals surface area contributed by atoms with E-state index in [1.54, 1.807) is 0 Å². The van der Waals surface area contributed by atoms with E-state index in [0.29, 0.717) is 17.9 Å². The summed E-state index contributed by atoms with van der Waals surface area (Å²) >= 11 is 0. The van der Waals surface area contributed by atoms with Gasteiger partial charge >= 0.3 is 0 Å². The lowest BCUT2D eigenvalue weighted by Gasteiger charge is -2.24. The predicted octanol–water partition coefficient (Wildman–Crippen LogP) is 1.11. The van der Waals surface area contributed by atoms with Gasteiger partial charge in [0.15, 0.2) is 0 Å². The Hall–Kier alpha value is -1.59. The van der Waals surface area contributed by atoms with Crippen molar-refractivity contribution in [3.05, 3.63) is 29.8 Å². The second-order valence-electron chi connectivity index (χ2n) is 5.66. The third-order valence-electron chi connectivity index (χ3n) is 3.56. The van der Waals surface area contributed by atoms with Gasteiger partial charge in [-0.25, -0.2) is 0 Å². The minimum absolute atomic E-state index is 0.0517. The SMILES string of the molecule is CN(C)CCOc1ccccc1C(=O)NC1CCCNC1. The summed E-state index contributed by atoms with van der Waals surface area (Å²) in [6.07, 6.45) is 2.13. The summed E-state index contributed by atoms with van der Waals surface area (Å²) < 4.78 is 5.74. The molecule has 1 unspecified atom stereocenters. The van der Waals surface area contributed by atoms with Gasteiger partial charge in [0.1, 0.15) is 12.4 Å². The molecule has 1 heterocycles. The minimum atomic E-state index is -0.0517. The van der Waals surface area contributed by atoms with Crippen LogP contribution in [0.3, 0.4) is 0 Å². The van der Waals surface area contributed by atoms with Gasteiger partial charge in [0.05, 0.1) is 5.56 Å². The molecule has 1 saturated heterocycles. The van der Waals surface area contributed by atoms with Crippen molar-refractivity contribution in [2.24, 2.45) is 0 Å². The summed E-state index contributed by atoms with van der Waals surface area (Å²) in [5, 5.41) is 6.38. The Morgan fingerprint density at radius 1 is 1.43 bits per heavy atom. The number of para-hydroxylation sites is 1. The lowest BCUT2D eigenvalue weighted by atomic mass is 10.1. The number of amides is 1. The number of nitrogens with zero attached hydrogens (tertiary/aromatic N) is 1. The molecule has 1 aromatic carbocycles. The van der Waals surface area contributed by atoms with Crippen molar-refractivity contribution in [1.29, 1.82) is 0 Å². The first-order valence-electron chi connectivity index (χ1n) is 7.55. The Kier molecular flexibility index (Phi) is 6.02. The monoisotopic (exact) mass is 291 g/mol. The van der Waals surface area contributed by atoms with Crippen molar-refractivity contribution in [3.63, 3.8) is 0 Å². The summed E-state index contributed by atoms with van der Waals surface area (Å²) in [6.45, 7) is 3.27. The molecule has 2 N–H and O–H groups in total. The molecular formula is C16H25N3O2. The van der Waals surface area contributed by atoms with Crippen LogP contribution in [0.1, 0.15) is 23.2 Å². The van der Waals surface area contributed by atoms with Crippen LogP contribution in [0.15, 0.2) is 24.3 Å². The van der Waals surface area contributed by atoms with E-state index in [4.69, 9.17) is 4.74 Å². The number of rotatable bonds is 6. The summed E-state index contributed by atoms with van der Waals surface area (Å²) in [7, 11) is 4.00. The zero-order valence-electron chi connectivity index (χ0n) is 12.9. The van der Waals surface area contributed by atoms with Gasteiger partial charge in [-0.2, -0.15) is 0 Å². The van der Waals surface area contributed by atoms with Crippen LogP contribution in [0.2, 0.25) is 0 Å². The summed E-state index contributed by atoms with van der Waals surface area (Å²) in [4.78, 5) is 14.5. The number of carbonyl (C=O) groups excluding carboxylic acids is 1. The van der Waals surface area contributed by atoms with Crippen LogP contribution in [0.5, 0.6) is 5.75 Å². The van der Waals surface area contributed by atoms with Gasteiger partial charge in [-0.05, 0) is 45.6 Å². The van der Waals surface area contributed by atoms with Gasteiger partial charge in [0.2, 0.25) is 0 Å². The second kappa shape index (κ2) is 8.00. The number of ether oxygens (including phenoxy) is 1. The van der Waals surface area contributed by atoms with Crippen LogP contribution in [0, 0.1) is 0 Å². The summed E-state index contributed by atoms with van der Waals surface area (Å²) in [6, 6.07) is 7.64. The average Bonchev–Trinajstić information content (AvgIpc) is 2.48. The first kappa shape index (κ1) is 15.8. The number of carbonyl (C=O) groups is 1. The third-order valence-corrected chi connectivity index (χ3v) is 3.56. The normalized spacial score (nSPS) is 18.5. The fourth-order valence-electron chi connectivity index (χ4n) is 2.36. The predicted molar refractivity (Wildman–Crippen MR) is 83.8 cm³/mol. The Morgan fingerprint density at radius 2 is 2.24 bits per heavy atom. The Morgan fingerprint density at radius 3 is 2.95 bits per heavy atom. The molecule has 116 valence electrons. The van der Waals surface area contributed by atoms with E-state index >= 15 is 0 Å². The van der Waals surface area contributed by atoms with Gasteiger partial charge in [-0.15, -0.1) is 0 Å². The highest BCUT2D eigenvalue weighted by Gasteiger charge is 2.18. The molecule has 5 heteroatoms. The first-order chi connectivity index (χ1) is 10.2. The van der Waals surface area contributed by atoms with Gasteiger partial charge in [-0.3, -0.25) is 4.79 Å². The van der Waals surface area contributed by atoms with Crippen molar-refractivity contribution in [2.45, 2.75) is 18.9 Å². The van der Waals surface area contributed by atoms with E-state index < -0.39 is 0 Å². The maximum Gasteiger partial charge on any atom is 0.255 e. The topological polar surface area (TPSA) is 53.6 Å². The highest BCUT2D eigenvalue weighted by Crippen LogP contribution is 2.18. The standard InChI is InChI=1S/C16H25N3O2/c1-19(2)10-11-21-15-8-4-3-7-14(15)16(20)18-13-6-5-9-17-12-13/h3-4,7-8,13,17H,5-6,9-12H2,1-2H3,(H,18,20). The maximum atomic E-state index is 12.4. The molecule has 0 aromatic heterocycles. The largest absolute Gasteiger partial charge is 0.491 e. The van der Waals surface area contributed by atoms with E-state index in [1.165, 1.54) is 0 Å². The molecule has 2 rings (SSSR count). The van der Waals surface area contributed by atoms with E-state index in [1.807, 2.05) is 38.4 Å². The van der Waals surface area contributed by atoms with E-state index in [0.717, 1.165) is 32.5 Å². The Bertz CT molecular complexity index is 457. The number of likely N-dealkylation sites (N-methyl/N-ethyl adjacent to an activating group) is 1. The van der Waals surface area contributed by atoms with Crippen molar-refractivity contribution >= 4 is 5.91 Å². The van der Waals surface area contributed by atoms with Crippen molar-refractivity contribution < 1.29 is 9.53 Å². The highest BCUT2D eigenvalue weighted by molar-refractivity contribution is 5.97. The lowest BCUT2D eigenvalue weighted by Crippen LogP contribution is -2.45. The third kappa shape index (κ3) is 5.02. The molecule has 1 fully saturated rings. The molecule has 1 aliphatic rings. The molecule has 0 radical (unpaired) electrons. The van der Waals surface area contributed by atoms with Crippen molar-refractivity contribution in [2.75, 3.05) is 40.3 Å². The molecule has 0 bridgehead atoms. The van der Waals surface area contributed by atoms with Gasteiger partial charge in [0, 0.05) is 19.1 Å². The molecule has 0 saturated carbocycles. The van der Waals surface area contributed by atoms with Gasteiger partial charge < -0.3 is 20.3 Å². The summed E-state index contributed by atoms with van der Waals surface area (Å²) in [5.41, 5.74) is 0.613. The molecule has 0 spiro atoms. The van der Waals surface area contributed by atoms with Crippen molar-refractivity contribution in [1.82, 2.24) is 15.5 Å². The number of nitrogens with one attached hydrogen (secondary N) is 2. The molecule has 21 heavy (non-hydrogen) atoms. The number of piperidine rings is 1. The zero-order chi connectivity index (χ0) is 15.1. The van der Waals surface area contributed by atoms with Crippen LogP contribution in [-0.2, 0) is 0 Å². The number of hydrogen-bond acceptors (Lipinski definition) is 4. The van der Waals surface area contributed by atoms with E-state index in [9.17, 15) is 4.79 Å². The number of hydrogen-bond donors (Lipinski definition) is 2. The molecule has 5 nitrogen and oxygen atoms in total. The molecule has 1 aromatic rings. The molecule has 1 amide bonds. The van der Waals surface area contributed by atoms with Crippen LogP contribution in [0.4, 0.5) is 0 Å². The minimum Gasteiger partial charge on any atom is -0.491 e. The van der Waals surface area contributed by atoms with Crippen molar-refractivity contribution in [3.8, 4) is 5.75 Å². The van der Waals surface area contributed by atoms with E-state index in [2.05, 4.69) is 15.5 Å². The van der Waals surface area contributed by atoms with Crippen LogP contribution in [-0.4, -0.2) is 57.2 Å². The average molecular weight is 291 g/mol. The van der Waals surface area contributed by atoms with Gasteiger partial charge in [-0.1, -0.05) is 12.1 Å². The molecule has 1 atom stereocenters. The Labute approximate surface area is 126 Å². The molecule has 1 aliphatic heterocycles. The summed E-state index contributed by atoms with van der Waals surface area (Å²) in [5.74, 6) is 0.602. The van der Waals surface area contributed by atoms with Gasteiger partial charge in [0.25, 0.3) is 5.91 Å². The molecular weight excluding hydrogens is 266 g/mol. The fourth-order valence-corrected chi connectivity index (χ4v) is 2.36.